The zero-order valence-electron chi connectivity index (χ0n) is 18.7. The fourth-order valence-electron chi connectivity index (χ4n) is 4.71. The van der Waals surface area contributed by atoms with E-state index in [0.717, 1.165) is 55.5 Å². The predicted octanol–water partition coefficient (Wildman–Crippen LogP) is 3.49. The molecule has 1 aromatic heterocycles. The molecule has 6 nitrogen and oxygen atoms in total. The number of allylic oxidation sites excluding steroid dienone is 4. The van der Waals surface area contributed by atoms with Gasteiger partial charge in [-0.1, -0.05) is 23.8 Å². The van der Waals surface area contributed by atoms with Crippen LogP contribution in [0.25, 0.3) is 0 Å². The van der Waals surface area contributed by atoms with Gasteiger partial charge in [0.2, 0.25) is 5.91 Å². The summed E-state index contributed by atoms with van der Waals surface area (Å²) in [5, 5.41) is 3.99. The maximum Gasteiger partial charge on any atom is 0.228 e. The quantitative estimate of drug-likeness (QED) is 0.575. The van der Waals surface area contributed by atoms with E-state index in [2.05, 4.69) is 10.3 Å². The van der Waals surface area contributed by atoms with Gasteiger partial charge in [-0.05, 0) is 67.8 Å². The minimum atomic E-state index is -0.173. The van der Waals surface area contributed by atoms with Crippen molar-refractivity contribution in [2.24, 2.45) is 11.8 Å². The van der Waals surface area contributed by atoms with Crippen LogP contribution in [-0.4, -0.2) is 54.4 Å². The molecule has 1 aliphatic heterocycles. The number of halogens is 1. The van der Waals surface area contributed by atoms with Crippen LogP contribution in [0.1, 0.15) is 43.4 Å². The lowest BCUT2D eigenvalue weighted by atomic mass is 9.78. The number of hydrogen-bond donors (Lipinski definition) is 1. The average Bonchev–Trinajstić information content (AvgIpc) is 3.64. The first-order chi connectivity index (χ1) is 15.6. The molecule has 2 fully saturated rings. The van der Waals surface area contributed by atoms with Crippen molar-refractivity contribution in [1.82, 2.24) is 15.2 Å². The van der Waals surface area contributed by atoms with E-state index in [1.165, 1.54) is 0 Å². The summed E-state index contributed by atoms with van der Waals surface area (Å²) in [4.78, 5) is 32.2. The van der Waals surface area contributed by atoms with Crippen molar-refractivity contribution in [3.05, 3.63) is 52.3 Å². The number of aromatic nitrogens is 1. The van der Waals surface area contributed by atoms with E-state index in [9.17, 15) is 9.59 Å². The number of carbonyl (C=O) groups is 2. The number of ketones is 1. The third-order valence-electron chi connectivity index (χ3n) is 6.57. The first-order valence-electron chi connectivity index (χ1n) is 11.6. The van der Waals surface area contributed by atoms with Gasteiger partial charge in [-0.2, -0.15) is 0 Å². The molecule has 4 rings (SSSR count). The minimum absolute atomic E-state index is 0.0722. The summed E-state index contributed by atoms with van der Waals surface area (Å²) in [6.45, 7) is 2.69. The number of amides is 1. The number of nitrogens with zero attached hydrogens (tertiary/aromatic N) is 2. The standard InChI is InChI=1S/C25H32ClN3O3/c1-32-11-3-5-19-12-18(24(26)15-28-19)16-29(20-7-8-20)25(31)23-14-27-10-9-22(23)17-4-2-6-21(30)13-17/h2,4,12-13,15,20,22-23,27H,3,5-11,14,16H2,1H3/t22?,23-/m0/s1. The number of carbonyl (C=O) groups excluding carboxylic acids is 2. The lowest BCUT2D eigenvalue weighted by Gasteiger charge is -2.36. The van der Waals surface area contributed by atoms with Crippen LogP contribution in [0.2, 0.25) is 5.02 Å². The number of rotatable bonds is 9. The van der Waals surface area contributed by atoms with E-state index in [0.29, 0.717) is 31.1 Å². The summed E-state index contributed by atoms with van der Waals surface area (Å²) < 4.78 is 5.14. The maximum absolute atomic E-state index is 13.8. The van der Waals surface area contributed by atoms with Crippen molar-refractivity contribution >= 4 is 23.3 Å². The maximum atomic E-state index is 13.8. The third kappa shape index (κ3) is 5.66. The lowest BCUT2D eigenvalue weighted by molar-refractivity contribution is -0.138. The molecule has 1 amide bonds. The van der Waals surface area contributed by atoms with E-state index < -0.39 is 0 Å². The van der Waals surface area contributed by atoms with Crippen molar-refractivity contribution in [2.75, 3.05) is 26.8 Å². The molecule has 2 aliphatic carbocycles. The van der Waals surface area contributed by atoms with Crippen LogP contribution < -0.4 is 5.32 Å². The molecule has 3 aliphatic rings. The van der Waals surface area contributed by atoms with E-state index >= 15 is 0 Å². The molecule has 2 atom stereocenters. The van der Waals surface area contributed by atoms with Gasteiger partial charge in [0.05, 0.1) is 10.9 Å². The lowest BCUT2D eigenvalue weighted by Crippen LogP contribution is -2.48. The van der Waals surface area contributed by atoms with Gasteiger partial charge in [-0.3, -0.25) is 14.6 Å². The SMILES string of the molecule is COCCCc1cc(CN(C(=O)[C@H]2CNCCC2C2=CC(=O)CC=C2)C2CC2)c(Cl)cn1. The number of aryl methyl sites for hydroxylation is 1. The highest BCUT2D eigenvalue weighted by Gasteiger charge is 2.40. The van der Waals surface area contributed by atoms with Gasteiger partial charge in [-0.15, -0.1) is 0 Å². The van der Waals surface area contributed by atoms with Gasteiger partial charge in [0, 0.05) is 51.2 Å². The number of ether oxygens (including phenoxy) is 1. The van der Waals surface area contributed by atoms with Gasteiger partial charge in [0.1, 0.15) is 0 Å². The van der Waals surface area contributed by atoms with Gasteiger partial charge in [0.25, 0.3) is 0 Å². The highest BCUT2D eigenvalue weighted by molar-refractivity contribution is 6.31. The van der Waals surface area contributed by atoms with Crippen LogP contribution >= 0.6 is 11.6 Å². The smallest absolute Gasteiger partial charge is 0.228 e. The highest BCUT2D eigenvalue weighted by Crippen LogP contribution is 2.36. The molecule has 7 heteroatoms. The highest BCUT2D eigenvalue weighted by atomic mass is 35.5. The zero-order valence-corrected chi connectivity index (χ0v) is 19.4. The molecule has 0 aromatic carbocycles. The summed E-state index contributed by atoms with van der Waals surface area (Å²) >= 11 is 6.49. The van der Waals surface area contributed by atoms with Crippen LogP contribution in [0.15, 0.2) is 36.1 Å². The van der Waals surface area contributed by atoms with Gasteiger partial charge in [-0.25, -0.2) is 0 Å². The largest absolute Gasteiger partial charge is 0.385 e. The molecule has 1 unspecified atom stereocenters. The van der Waals surface area contributed by atoms with E-state index in [4.69, 9.17) is 16.3 Å². The second-order valence-corrected chi connectivity index (χ2v) is 9.39. The van der Waals surface area contributed by atoms with Crippen molar-refractivity contribution in [3.8, 4) is 0 Å². The van der Waals surface area contributed by atoms with Crippen LogP contribution in [-0.2, 0) is 27.3 Å². The average molecular weight is 458 g/mol. The van der Waals surface area contributed by atoms with Gasteiger partial charge >= 0.3 is 0 Å². The van der Waals surface area contributed by atoms with Crippen LogP contribution in [0, 0.1) is 11.8 Å². The summed E-state index contributed by atoms with van der Waals surface area (Å²) in [5.41, 5.74) is 2.92. The van der Waals surface area contributed by atoms with E-state index in [1.807, 2.05) is 23.1 Å². The Balaban J connectivity index is 1.52. The Morgan fingerprint density at radius 3 is 2.94 bits per heavy atom. The summed E-state index contributed by atoms with van der Waals surface area (Å²) in [7, 11) is 1.70. The van der Waals surface area contributed by atoms with Crippen molar-refractivity contribution < 1.29 is 14.3 Å². The molecule has 0 bridgehead atoms. The molecular formula is C25H32ClN3O3. The van der Waals surface area contributed by atoms with Gasteiger partial charge in [0.15, 0.2) is 5.78 Å². The summed E-state index contributed by atoms with van der Waals surface area (Å²) in [5.74, 6) is 0.178. The van der Waals surface area contributed by atoms with Crippen LogP contribution in [0.4, 0.5) is 0 Å². The molecule has 32 heavy (non-hydrogen) atoms. The predicted molar refractivity (Wildman–Crippen MR) is 124 cm³/mol. The molecule has 1 N–H and O–H groups in total. The number of piperidine rings is 1. The number of nitrogens with one attached hydrogen (secondary N) is 1. The van der Waals surface area contributed by atoms with Crippen LogP contribution in [0.3, 0.4) is 0 Å². The molecule has 1 saturated heterocycles. The number of hydrogen-bond acceptors (Lipinski definition) is 5. The molecule has 0 radical (unpaired) electrons. The topological polar surface area (TPSA) is 71.5 Å². The summed E-state index contributed by atoms with van der Waals surface area (Å²) in [6, 6.07) is 2.30. The Morgan fingerprint density at radius 2 is 2.19 bits per heavy atom. The Morgan fingerprint density at radius 1 is 1.34 bits per heavy atom. The Bertz CT molecular complexity index is 910. The Hall–Kier alpha value is -2.02. The van der Waals surface area contributed by atoms with E-state index in [-0.39, 0.29) is 29.6 Å². The second-order valence-electron chi connectivity index (χ2n) is 8.98. The molecule has 0 spiro atoms. The van der Waals surface area contributed by atoms with Crippen molar-refractivity contribution in [2.45, 2.75) is 51.1 Å². The first-order valence-corrected chi connectivity index (χ1v) is 12.0. The fraction of sp³-hybridized carbons (Fsp3) is 0.560. The molecular weight excluding hydrogens is 426 g/mol. The second kappa shape index (κ2) is 10.7. The zero-order chi connectivity index (χ0) is 22.5. The molecule has 172 valence electrons. The summed E-state index contributed by atoms with van der Waals surface area (Å²) in [6.07, 6.45) is 12.5. The minimum Gasteiger partial charge on any atom is -0.385 e. The fourth-order valence-corrected chi connectivity index (χ4v) is 4.87. The molecule has 1 aromatic rings. The monoisotopic (exact) mass is 457 g/mol. The Kier molecular flexibility index (Phi) is 7.76. The Labute approximate surface area is 195 Å². The third-order valence-corrected chi connectivity index (χ3v) is 6.91. The molecule has 1 saturated carbocycles. The first kappa shape index (κ1) is 23.1. The van der Waals surface area contributed by atoms with Crippen molar-refractivity contribution in [1.29, 1.82) is 0 Å². The van der Waals surface area contributed by atoms with Crippen molar-refractivity contribution in [3.63, 3.8) is 0 Å². The normalized spacial score (nSPS) is 23.2. The van der Waals surface area contributed by atoms with Crippen LogP contribution in [0.5, 0.6) is 0 Å². The van der Waals surface area contributed by atoms with Gasteiger partial charge < -0.3 is 15.0 Å². The molecule has 2 heterocycles. The van der Waals surface area contributed by atoms with E-state index in [1.54, 1.807) is 19.4 Å². The number of methoxy groups -OCH3 is 1. The number of pyridine rings is 1.